The molecule has 0 amide bonds. The fourth-order valence-electron chi connectivity index (χ4n) is 2.88. The van der Waals surface area contributed by atoms with Crippen molar-refractivity contribution in [2.45, 2.75) is 32.4 Å². The predicted octanol–water partition coefficient (Wildman–Crippen LogP) is 6.50. The van der Waals surface area contributed by atoms with Gasteiger partial charge in [-0.3, -0.25) is 0 Å². The van der Waals surface area contributed by atoms with Crippen LogP contribution in [0.1, 0.15) is 37.3 Å². The molecule has 0 aliphatic carbocycles. The molecule has 1 heterocycles. The number of para-hydroxylation sites is 2. The van der Waals surface area contributed by atoms with Crippen LogP contribution in [0.15, 0.2) is 54.7 Å². The Hall–Kier alpha value is -3.29. The number of nitrogens with one attached hydrogen (secondary N) is 2. The van der Waals surface area contributed by atoms with Gasteiger partial charge in [-0.05, 0) is 42.2 Å². The molecule has 0 spiro atoms. The molecule has 2 N–H and O–H groups in total. The van der Waals surface area contributed by atoms with Gasteiger partial charge in [0.2, 0.25) is 5.95 Å². The summed E-state index contributed by atoms with van der Waals surface area (Å²) in [6, 6.07) is 14.4. The topological polar surface area (TPSA) is 59.1 Å². The zero-order valence-electron chi connectivity index (χ0n) is 16.9. The first-order valence-electron chi connectivity index (χ1n) is 9.53. The molecule has 0 radical (unpaired) electrons. The summed E-state index contributed by atoms with van der Waals surface area (Å²) < 4.78 is 45.6. The zero-order valence-corrected chi connectivity index (χ0v) is 16.9. The van der Waals surface area contributed by atoms with E-state index in [4.69, 9.17) is 4.74 Å². The molecule has 1 unspecified atom stereocenters. The highest BCUT2D eigenvalue weighted by Crippen LogP contribution is 2.37. The van der Waals surface area contributed by atoms with E-state index in [1.54, 1.807) is 24.3 Å². The lowest BCUT2D eigenvalue weighted by molar-refractivity contribution is -0.137. The van der Waals surface area contributed by atoms with Crippen LogP contribution in [0.2, 0.25) is 0 Å². The average molecular weight is 416 g/mol. The molecule has 0 aliphatic heterocycles. The van der Waals surface area contributed by atoms with Gasteiger partial charge in [-0.25, -0.2) is 4.98 Å². The number of aromatic nitrogens is 2. The number of hydrogen-bond donors (Lipinski definition) is 2. The normalized spacial score (nSPS) is 12.3. The molecule has 1 atom stereocenters. The molecule has 0 aliphatic rings. The van der Waals surface area contributed by atoms with Crippen LogP contribution in [-0.4, -0.2) is 17.1 Å². The number of methoxy groups -OCH3 is 1. The number of halogens is 3. The molecular formula is C22H23F3N4O. The molecule has 0 fully saturated rings. The van der Waals surface area contributed by atoms with E-state index >= 15 is 0 Å². The maximum atomic E-state index is 13.5. The first-order chi connectivity index (χ1) is 14.3. The van der Waals surface area contributed by atoms with Gasteiger partial charge in [0, 0.05) is 11.9 Å². The first kappa shape index (κ1) is 21.4. The second-order valence-corrected chi connectivity index (χ2v) is 6.84. The summed E-state index contributed by atoms with van der Waals surface area (Å²) in [7, 11) is 1.45. The summed E-state index contributed by atoms with van der Waals surface area (Å²) in [6.45, 7) is 4.25. The van der Waals surface area contributed by atoms with Crippen molar-refractivity contribution in [3.8, 4) is 5.75 Å². The van der Waals surface area contributed by atoms with E-state index in [-0.39, 0.29) is 11.8 Å². The largest absolute Gasteiger partial charge is 0.495 e. The Balaban J connectivity index is 1.91. The van der Waals surface area contributed by atoms with E-state index in [0.29, 0.717) is 23.0 Å². The van der Waals surface area contributed by atoms with E-state index in [1.165, 1.54) is 12.7 Å². The number of alkyl halides is 3. The van der Waals surface area contributed by atoms with Crippen LogP contribution in [0, 0.1) is 0 Å². The Bertz CT molecular complexity index is 990. The van der Waals surface area contributed by atoms with Gasteiger partial charge in [-0.1, -0.05) is 38.1 Å². The maximum Gasteiger partial charge on any atom is 0.421 e. The van der Waals surface area contributed by atoms with Crippen LogP contribution >= 0.6 is 0 Å². The summed E-state index contributed by atoms with van der Waals surface area (Å²) in [5.41, 5.74) is 1.28. The fraction of sp³-hybridized carbons (Fsp3) is 0.273. The van der Waals surface area contributed by atoms with Gasteiger partial charge >= 0.3 is 6.18 Å². The lowest BCUT2D eigenvalue weighted by Crippen LogP contribution is -2.13. The van der Waals surface area contributed by atoms with E-state index in [1.807, 2.05) is 24.3 Å². The minimum atomic E-state index is -4.61. The van der Waals surface area contributed by atoms with Gasteiger partial charge in [0.05, 0.1) is 12.8 Å². The summed E-state index contributed by atoms with van der Waals surface area (Å²) in [5.74, 6) is 0.523. The number of benzene rings is 2. The van der Waals surface area contributed by atoms with E-state index in [0.717, 1.165) is 12.6 Å². The third-order valence-electron chi connectivity index (χ3n) is 4.80. The molecular weight excluding hydrogens is 393 g/mol. The Morgan fingerprint density at radius 1 is 1.03 bits per heavy atom. The van der Waals surface area contributed by atoms with Crippen molar-refractivity contribution < 1.29 is 17.9 Å². The number of rotatable bonds is 7. The minimum absolute atomic E-state index is 0.0525. The highest BCUT2D eigenvalue weighted by atomic mass is 19.4. The summed E-state index contributed by atoms with van der Waals surface area (Å²) in [4.78, 5) is 7.92. The molecule has 0 saturated carbocycles. The molecule has 5 nitrogen and oxygen atoms in total. The van der Waals surface area contributed by atoms with Gasteiger partial charge < -0.3 is 15.4 Å². The second-order valence-electron chi connectivity index (χ2n) is 6.84. The standard InChI is InChI=1S/C22H23F3N4O/c1-4-14(2)15-9-11-16(12-10-15)27-21-26-13-17(22(23,24)25)20(29-21)28-18-7-5-6-8-19(18)30-3/h5-14H,4H2,1-3H3,(H2,26,27,28,29). The molecule has 3 aromatic rings. The second kappa shape index (κ2) is 9.02. The lowest BCUT2D eigenvalue weighted by Gasteiger charge is -2.16. The Kier molecular flexibility index (Phi) is 6.44. The van der Waals surface area contributed by atoms with Crippen molar-refractivity contribution in [1.29, 1.82) is 0 Å². The zero-order chi connectivity index (χ0) is 21.7. The van der Waals surface area contributed by atoms with Gasteiger partial charge in [0.15, 0.2) is 0 Å². The molecule has 2 aromatic carbocycles. The molecule has 0 saturated heterocycles. The number of ether oxygens (including phenoxy) is 1. The molecule has 1 aromatic heterocycles. The van der Waals surface area contributed by atoms with Crippen LogP contribution < -0.4 is 15.4 Å². The van der Waals surface area contributed by atoms with Crippen LogP contribution in [0.3, 0.4) is 0 Å². The number of hydrogen-bond acceptors (Lipinski definition) is 5. The summed E-state index contributed by atoms with van der Waals surface area (Å²) in [5, 5.41) is 5.68. The lowest BCUT2D eigenvalue weighted by atomic mass is 9.99. The fourth-order valence-corrected chi connectivity index (χ4v) is 2.88. The molecule has 158 valence electrons. The van der Waals surface area contributed by atoms with Gasteiger partial charge in [-0.2, -0.15) is 18.2 Å². The predicted molar refractivity (Wildman–Crippen MR) is 112 cm³/mol. The van der Waals surface area contributed by atoms with Crippen molar-refractivity contribution in [1.82, 2.24) is 9.97 Å². The Morgan fingerprint density at radius 3 is 2.37 bits per heavy atom. The third-order valence-corrected chi connectivity index (χ3v) is 4.80. The van der Waals surface area contributed by atoms with E-state index in [9.17, 15) is 13.2 Å². The van der Waals surface area contributed by atoms with Gasteiger partial charge in [-0.15, -0.1) is 0 Å². The number of anilines is 4. The van der Waals surface area contributed by atoms with E-state index in [2.05, 4.69) is 34.4 Å². The third kappa shape index (κ3) is 5.00. The van der Waals surface area contributed by atoms with Crippen molar-refractivity contribution in [2.24, 2.45) is 0 Å². The van der Waals surface area contributed by atoms with Crippen LogP contribution in [0.25, 0.3) is 0 Å². The van der Waals surface area contributed by atoms with Gasteiger partial charge in [0.1, 0.15) is 17.1 Å². The Morgan fingerprint density at radius 2 is 1.73 bits per heavy atom. The van der Waals surface area contributed by atoms with Gasteiger partial charge in [0.25, 0.3) is 0 Å². The monoisotopic (exact) mass is 416 g/mol. The molecule has 8 heteroatoms. The summed E-state index contributed by atoms with van der Waals surface area (Å²) in [6.07, 6.45) is -2.83. The molecule has 0 bridgehead atoms. The van der Waals surface area contributed by atoms with Crippen molar-refractivity contribution in [3.63, 3.8) is 0 Å². The minimum Gasteiger partial charge on any atom is -0.495 e. The van der Waals surface area contributed by atoms with Crippen molar-refractivity contribution in [3.05, 3.63) is 65.9 Å². The maximum absolute atomic E-state index is 13.5. The highest BCUT2D eigenvalue weighted by molar-refractivity contribution is 5.67. The van der Waals surface area contributed by atoms with E-state index < -0.39 is 11.7 Å². The quantitative estimate of drug-likeness (QED) is 0.460. The SMILES string of the molecule is CCC(C)c1ccc(Nc2ncc(C(F)(F)F)c(Nc3ccccc3OC)n2)cc1. The van der Waals surface area contributed by atoms with Crippen LogP contribution in [0.4, 0.5) is 36.3 Å². The summed E-state index contributed by atoms with van der Waals surface area (Å²) >= 11 is 0. The average Bonchev–Trinajstić information content (AvgIpc) is 2.73. The highest BCUT2D eigenvalue weighted by Gasteiger charge is 2.35. The smallest absolute Gasteiger partial charge is 0.421 e. The number of nitrogens with zero attached hydrogens (tertiary/aromatic N) is 2. The first-order valence-corrected chi connectivity index (χ1v) is 9.53. The molecule has 3 rings (SSSR count). The van der Waals surface area contributed by atoms with Crippen molar-refractivity contribution in [2.75, 3.05) is 17.7 Å². The molecule has 30 heavy (non-hydrogen) atoms. The van der Waals surface area contributed by atoms with Crippen LogP contribution in [0.5, 0.6) is 5.75 Å². The van der Waals surface area contributed by atoms with Crippen LogP contribution in [-0.2, 0) is 6.18 Å². The van der Waals surface area contributed by atoms with Crippen molar-refractivity contribution >= 4 is 23.1 Å². The Labute approximate surface area is 173 Å².